The van der Waals surface area contributed by atoms with E-state index >= 15 is 0 Å². The summed E-state index contributed by atoms with van der Waals surface area (Å²) >= 11 is 1.08. The Morgan fingerprint density at radius 2 is 1.74 bits per heavy atom. The Morgan fingerprint density at radius 1 is 1.10 bits per heavy atom. The van der Waals surface area contributed by atoms with Crippen LogP contribution in [0.4, 0.5) is 0 Å². The molecular weight excluding hydrogens is 410 g/mol. The van der Waals surface area contributed by atoms with Crippen molar-refractivity contribution in [3.05, 3.63) is 87.0 Å². The first-order chi connectivity index (χ1) is 14.8. The summed E-state index contributed by atoms with van der Waals surface area (Å²) in [7, 11) is 0. The van der Waals surface area contributed by atoms with Crippen molar-refractivity contribution in [2.45, 2.75) is 33.6 Å². The minimum absolute atomic E-state index is 0.0858. The summed E-state index contributed by atoms with van der Waals surface area (Å²) in [6.45, 7) is 7.99. The van der Waals surface area contributed by atoms with E-state index in [9.17, 15) is 14.7 Å². The largest absolute Gasteiger partial charge is 0.506 e. The van der Waals surface area contributed by atoms with Gasteiger partial charge >= 0.3 is 5.97 Å². The van der Waals surface area contributed by atoms with Crippen LogP contribution in [0.15, 0.2) is 69.8 Å². The maximum Gasteiger partial charge on any atom is 0.344 e. The highest BCUT2D eigenvalue weighted by Gasteiger charge is 2.33. The summed E-state index contributed by atoms with van der Waals surface area (Å²) in [5.41, 5.74) is 3.42. The number of ether oxygens (including phenoxy) is 1. The van der Waals surface area contributed by atoms with E-state index in [1.807, 2.05) is 43.3 Å². The molecule has 0 aliphatic carbocycles. The molecule has 0 atom stereocenters. The third-order valence-corrected chi connectivity index (χ3v) is 5.79. The van der Waals surface area contributed by atoms with Gasteiger partial charge in [0.05, 0.1) is 11.5 Å². The van der Waals surface area contributed by atoms with Crippen LogP contribution in [-0.2, 0) is 9.53 Å². The van der Waals surface area contributed by atoms with Crippen LogP contribution >= 0.6 is 11.8 Å². The number of thioether (sulfide) groups is 1. The number of aliphatic hydroxyl groups excluding tert-OH is 1. The molecule has 2 aromatic carbocycles. The maximum atomic E-state index is 12.6. The van der Waals surface area contributed by atoms with Gasteiger partial charge in [-0.05, 0) is 49.1 Å². The molecule has 1 N–H and O–H groups in total. The summed E-state index contributed by atoms with van der Waals surface area (Å²) in [6.07, 6.45) is 1.77. The number of esters is 1. The number of amides is 1. The lowest BCUT2D eigenvalue weighted by Gasteiger charge is -2.05. The van der Waals surface area contributed by atoms with Crippen molar-refractivity contribution in [2.75, 3.05) is 6.61 Å². The average Bonchev–Trinajstić information content (AvgIpc) is 3.03. The Balaban J connectivity index is 1.97. The predicted octanol–water partition coefficient (Wildman–Crippen LogP) is 5.82. The van der Waals surface area contributed by atoms with E-state index in [0.29, 0.717) is 16.4 Å². The number of aliphatic hydroxyl groups is 1. The quantitative estimate of drug-likeness (QED) is 0.599. The van der Waals surface area contributed by atoms with E-state index in [0.717, 1.165) is 22.9 Å². The van der Waals surface area contributed by atoms with Crippen LogP contribution in [0.5, 0.6) is 0 Å². The number of aryl methyl sites for hydroxylation is 1. The molecule has 6 heteroatoms. The van der Waals surface area contributed by atoms with Crippen molar-refractivity contribution < 1.29 is 19.4 Å². The third-order valence-electron chi connectivity index (χ3n) is 4.77. The number of carbonyl (C=O) groups is 2. The van der Waals surface area contributed by atoms with Crippen molar-refractivity contribution in [1.29, 1.82) is 0 Å². The van der Waals surface area contributed by atoms with Gasteiger partial charge in [0, 0.05) is 5.56 Å². The molecule has 0 saturated heterocycles. The molecule has 0 saturated carbocycles. The zero-order valence-electron chi connectivity index (χ0n) is 18.0. The number of hydrogen-bond donors (Lipinski definition) is 1. The molecule has 0 bridgehead atoms. The fourth-order valence-electron chi connectivity index (χ4n) is 2.97. The van der Waals surface area contributed by atoms with Crippen LogP contribution in [0.2, 0.25) is 0 Å². The van der Waals surface area contributed by atoms with E-state index in [4.69, 9.17) is 4.74 Å². The van der Waals surface area contributed by atoms with Gasteiger partial charge in [-0.15, -0.1) is 0 Å². The summed E-state index contributed by atoms with van der Waals surface area (Å²) in [6, 6.07) is 15.0. The number of carbonyl (C=O) groups excluding carboxylic acids is 2. The molecule has 1 amide bonds. The fraction of sp³-hybridized carbons (Fsp3) is 0.240. The van der Waals surface area contributed by atoms with E-state index in [1.165, 1.54) is 5.56 Å². The van der Waals surface area contributed by atoms with Gasteiger partial charge in [-0.3, -0.25) is 4.79 Å². The number of rotatable bonds is 5. The fourth-order valence-corrected chi connectivity index (χ4v) is 3.99. The molecule has 0 spiro atoms. The number of aliphatic imine (C=N–C) groups is 1. The van der Waals surface area contributed by atoms with Crippen molar-refractivity contribution >= 4 is 34.8 Å². The van der Waals surface area contributed by atoms with Crippen molar-refractivity contribution in [2.24, 2.45) is 4.99 Å². The molecule has 31 heavy (non-hydrogen) atoms. The highest BCUT2D eigenvalue weighted by molar-refractivity contribution is 8.18. The van der Waals surface area contributed by atoms with Crippen LogP contribution < -0.4 is 0 Å². The Hall–Kier alpha value is -3.12. The van der Waals surface area contributed by atoms with E-state index in [-0.39, 0.29) is 23.0 Å². The summed E-state index contributed by atoms with van der Waals surface area (Å²) < 4.78 is 5.08. The van der Waals surface area contributed by atoms with Gasteiger partial charge in [0.15, 0.2) is 0 Å². The highest BCUT2D eigenvalue weighted by atomic mass is 32.2. The second kappa shape index (κ2) is 9.79. The van der Waals surface area contributed by atoms with Crippen LogP contribution in [-0.4, -0.2) is 28.6 Å². The minimum Gasteiger partial charge on any atom is -0.506 e. The second-order valence-corrected chi connectivity index (χ2v) is 8.49. The lowest BCUT2D eigenvalue weighted by molar-refractivity contribution is -0.138. The Labute approximate surface area is 186 Å². The van der Waals surface area contributed by atoms with Crippen molar-refractivity contribution in [3.63, 3.8) is 0 Å². The van der Waals surface area contributed by atoms with Gasteiger partial charge in [0.1, 0.15) is 16.4 Å². The monoisotopic (exact) mass is 435 g/mol. The van der Waals surface area contributed by atoms with Gasteiger partial charge in [-0.25, -0.2) is 9.79 Å². The smallest absolute Gasteiger partial charge is 0.344 e. The third kappa shape index (κ3) is 5.33. The van der Waals surface area contributed by atoms with Gasteiger partial charge in [-0.1, -0.05) is 67.6 Å². The van der Waals surface area contributed by atoms with Gasteiger partial charge in [0.25, 0.3) is 5.91 Å². The molecule has 0 aromatic heterocycles. The molecule has 5 nitrogen and oxygen atoms in total. The molecule has 160 valence electrons. The van der Waals surface area contributed by atoms with Crippen molar-refractivity contribution in [1.82, 2.24) is 0 Å². The number of benzene rings is 2. The van der Waals surface area contributed by atoms with Gasteiger partial charge in [0.2, 0.25) is 0 Å². The van der Waals surface area contributed by atoms with E-state index in [1.54, 1.807) is 25.1 Å². The summed E-state index contributed by atoms with van der Waals surface area (Å²) in [4.78, 5) is 29.7. The van der Waals surface area contributed by atoms with E-state index in [2.05, 4.69) is 18.8 Å². The molecule has 0 fully saturated rings. The van der Waals surface area contributed by atoms with Gasteiger partial charge in [-0.2, -0.15) is 0 Å². The number of nitrogens with zero attached hydrogens (tertiary/aromatic N) is 1. The molecular formula is C25H25NO4S. The normalized spacial score (nSPS) is 16.4. The van der Waals surface area contributed by atoms with Crippen LogP contribution in [0.1, 0.15) is 53.7 Å². The summed E-state index contributed by atoms with van der Waals surface area (Å²) in [5.74, 6) is -1.01. The second-order valence-electron chi connectivity index (χ2n) is 7.46. The molecule has 2 aromatic rings. The topological polar surface area (TPSA) is 76.0 Å². The SMILES string of the molecule is CCOC(=O)C1=C(O)C(=Cc2ccc(C(C)C)cc2)SC1=NC(=O)c1ccc(C)cc1. The predicted molar refractivity (Wildman–Crippen MR) is 125 cm³/mol. The van der Waals surface area contributed by atoms with Crippen molar-refractivity contribution in [3.8, 4) is 0 Å². The Morgan fingerprint density at radius 3 is 2.32 bits per heavy atom. The molecule has 0 unspecified atom stereocenters. The van der Waals surface area contributed by atoms with E-state index < -0.39 is 11.9 Å². The zero-order valence-corrected chi connectivity index (χ0v) is 18.8. The Kier molecular flexibility index (Phi) is 7.13. The first kappa shape index (κ1) is 22.6. The highest BCUT2D eigenvalue weighted by Crippen LogP contribution is 2.39. The molecule has 0 radical (unpaired) electrons. The van der Waals surface area contributed by atoms with Gasteiger partial charge < -0.3 is 9.84 Å². The number of hydrogen-bond acceptors (Lipinski definition) is 5. The lowest BCUT2D eigenvalue weighted by Crippen LogP contribution is -2.14. The van der Waals surface area contributed by atoms with Crippen LogP contribution in [0.3, 0.4) is 0 Å². The lowest BCUT2D eigenvalue weighted by atomic mass is 10.0. The molecule has 1 aliphatic heterocycles. The minimum atomic E-state index is -0.707. The maximum absolute atomic E-state index is 12.6. The summed E-state index contributed by atoms with van der Waals surface area (Å²) in [5, 5.41) is 10.9. The molecule has 1 aliphatic rings. The first-order valence-corrected chi connectivity index (χ1v) is 10.9. The first-order valence-electron chi connectivity index (χ1n) is 10.1. The van der Waals surface area contributed by atoms with Crippen LogP contribution in [0, 0.1) is 6.92 Å². The van der Waals surface area contributed by atoms with Crippen LogP contribution in [0.25, 0.3) is 6.08 Å². The average molecular weight is 436 g/mol. The zero-order chi connectivity index (χ0) is 22.5. The standard InChI is InChI=1S/C25H25NO4S/c1-5-30-25(29)21-22(27)20(14-17-8-12-18(13-9-17)15(2)3)31-24(21)26-23(28)19-10-6-16(4)7-11-19/h6-15,27H,5H2,1-4H3. The molecule has 3 rings (SSSR count). The Bertz CT molecular complexity index is 1080. The molecule has 1 heterocycles.